The number of hydrogen-bond acceptors (Lipinski definition) is 4. The summed E-state index contributed by atoms with van der Waals surface area (Å²) in [5.74, 6) is 1.25. The summed E-state index contributed by atoms with van der Waals surface area (Å²) in [4.78, 5) is 4.15. The van der Waals surface area contributed by atoms with Crippen molar-refractivity contribution in [3.05, 3.63) is 69.7 Å². The van der Waals surface area contributed by atoms with Crippen LogP contribution in [0.25, 0.3) is 0 Å². The molecular formula is C20H21Cl2N3O2. The summed E-state index contributed by atoms with van der Waals surface area (Å²) in [5.41, 5.74) is 2.89. The molecule has 3 aromatic rings. The third kappa shape index (κ3) is 5.22. The van der Waals surface area contributed by atoms with Gasteiger partial charge in [0.05, 0.1) is 18.8 Å². The molecule has 0 radical (unpaired) electrons. The summed E-state index contributed by atoms with van der Waals surface area (Å²) >= 11 is 12.2. The van der Waals surface area contributed by atoms with Gasteiger partial charge >= 0.3 is 0 Å². The van der Waals surface area contributed by atoms with Crippen molar-refractivity contribution in [2.24, 2.45) is 0 Å². The van der Waals surface area contributed by atoms with Crippen LogP contribution in [0.2, 0.25) is 10.0 Å². The number of ether oxygens (including phenoxy) is 1. The molecule has 1 N–H and O–H groups in total. The topological polar surface area (TPSA) is 60.2 Å². The maximum atomic E-state index is 9.37. The van der Waals surface area contributed by atoms with E-state index >= 15 is 0 Å². The smallest absolute Gasteiger partial charge is 0.171 e. The van der Waals surface area contributed by atoms with Gasteiger partial charge in [0.25, 0.3) is 0 Å². The van der Waals surface area contributed by atoms with Gasteiger partial charge in [-0.05, 0) is 56.0 Å². The average molecular weight is 406 g/mol. The number of aryl methyl sites for hydroxylation is 2. The van der Waals surface area contributed by atoms with Crippen molar-refractivity contribution in [3.8, 4) is 11.5 Å². The van der Waals surface area contributed by atoms with Crippen LogP contribution >= 0.6 is 23.2 Å². The van der Waals surface area contributed by atoms with Crippen molar-refractivity contribution in [1.82, 2.24) is 14.8 Å². The fourth-order valence-electron chi connectivity index (χ4n) is 2.98. The van der Waals surface area contributed by atoms with Gasteiger partial charge in [0.2, 0.25) is 0 Å². The number of aliphatic hydroxyl groups is 1. The molecule has 0 aliphatic rings. The standard InChI is InChI=1S/C20H21Cl2N3O2/c1-14-20(27-18-11-16(21)10-17(22)12-18)19(25(24-14)8-9-26)6-2-4-15-5-3-7-23-13-15/h3,5,7,10-13,26H,2,4,6,8-9H2,1H3. The van der Waals surface area contributed by atoms with E-state index in [0.29, 0.717) is 28.1 Å². The molecule has 0 unspecified atom stereocenters. The molecule has 0 aliphatic carbocycles. The van der Waals surface area contributed by atoms with Crippen molar-refractivity contribution >= 4 is 23.2 Å². The number of aromatic nitrogens is 3. The Morgan fingerprint density at radius 2 is 1.93 bits per heavy atom. The largest absolute Gasteiger partial charge is 0.453 e. The lowest BCUT2D eigenvalue weighted by Gasteiger charge is -2.11. The summed E-state index contributed by atoms with van der Waals surface area (Å²) < 4.78 is 7.89. The summed E-state index contributed by atoms with van der Waals surface area (Å²) in [6.07, 6.45) is 6.22. The SMILES string of the molecule is Cc1nn(CCO)c(CCCc2cccnc2)c1Oc1cc(Cl)cc(Cl)c1. The second-order valence-electron chi connectivity index (χ2n) is 6.23. The van der Waals surface area contributed by atoms with E-state index in [9.17, 15) is 5.11 Å². The Bertz CT molecular complexity index is 877. The van der Waals surface area contributed by atoms with Gasteiger partial charge in [0.15, 0.2) is 5.75 Å². The van der Waals surface area contributed by atoms with E-state index in [4.69, 9.17) is 27.9 Å². The fourth-order valence-corrected chi connectivity index (χ4v) is 3.49. The number of hydrogen-bond donors (Lipinski definition) is 1. The third-order valence-electron chi connectivity index (χ3n) is 4.14. The van der Waals surface area contributed by atoms with E-state index < -0.39 is 0 Å². The predicted molar refractivity (Wildman–Crippen MR) is 107 cm³/mol. The lowest BCUT2D eigenvalue weighted by Crippen LogP contribution is -2.09. The number of benzene rings is 1. The van der Waals surface area contributed by atoms with E-state index in [1.165, 1.54) is 5.56 Å². The number of pyridine rings is 1. The highest BCUT2D eigenvalue weighted by atomic mass is 35.5. The molecule has 3 rings (SSSR count). The first-order chi connectivity index (χ1) is 13.1. The molecule has 2 aromatic heterocycles. The van der Waals surface area contributed by atoms with E-state index in [1.54, 1.807) is 29.1 Å². The van der Waals surface area contributed by atoms with Gasteiger partial charge in [-0.1, -0.05) is 29.3 Å². The van der Waals surface area contributed by atoms with Crippen LogP contribution in [0.5, 0.6) is 11.5 Å². The molecule has 1 aromatic carbocycles. The minimum absolute atomic E-state index is 0.0131. The Kier molecular flexibility index (Phi) is 6.72. The minimum atomic E-state index is 0.0131. The van der Waals surface area contributed by atoms with E-state index in [2.05, 4.69) is 16.1 Å². The Balaban J connectivity index is 1.81. The number of aliphatic hydroxyl groups excluding tert-OH is 1. The zero-order chi connectivity index (χ0) is 19.2. The average Bonchev–Trinajstić information content (AvgIpc) is 2.91. The second-order valence-corrected chi connectivity index (χ2v) is 7.10. The minimum Gasteiger partial charge on any atom is -0.453 e. The van der Waals surface area contributed by atoms with Gasteiger partial charge < -0.3 is 9.84 Å². The molecule has 0 saturated heterocycles. The molecule has 0 atom stereocenters. The first kappa shape index (κ1) is 19.7. The molecule has 5 nitrogen and oxygen atoms in total. The molecule has 0 spiro atoms. The van der Waals surface area contributed by atoms with E-state index in [-0.39, 0.29) is 6.61 Å². The summed E-state index contributed by atoms with van der Waals surface area (Å²) in [7, 11) is 0. The van der Waals surface area contributed by atoms with Crippen LogP contribution in [0.3, 0.4) is 0 Å². The molecule has 0 fully saturated rings. The number of nitrogens with zero attached hydrogens (tertiary/aromatic N) is 3. The Hall–Kier alpha value is -2.08. The van der Waals surface area contributed by atoms with Gasteiger partial charge in [-0.15, -0.1) is 0 Å². The Morgan fingerprint density at radius 3 is 2.59 bits per heavy atom. The van der Waals surface area contributed by atoms with Crippen LogP contribution in [-0.2, 0) is 19.4 Å². The van der Waals surface area contributed by atoms with Crippen LogP contribution in [0.15, 0.2) is 42.7 Å². The second kappa shape index (κ2) is 9.22. The maximum absolute atomic E-state index is 9.37. The van der Waals surface area contributed by atoms with Crippen LogP contribution in [0.1, 0.15) is 23.4 Å². The highest BCUT2D eigenvalue weighted by Crippen LogP contribution is 2.33. The van der Waals surface area contributed by atoms with Crippen LogP contribution in [0, 0.1) is 6.92 Å². The van der Waals surface area contributed by atoms with Crippen LogP contribution in [0.4, 0.5) is 0 Å². The Labute approximate surface area is 168 Å². The lowest BCUT2D eigenvalue weighted by atomic mass is 10.1. The molecule has 0 amide bonds. The van der Waals surface area contributed by atoms with Gasteiger partial charge in [0.1, 0.15) is 11.4 Å². The maximum Gasteiger partial charge on any atom is 0.171 e. The van der Waals surface area contributed by atoms with Gasteiger partial charge in [-0.25, -0.2) is 0 Å². The highest BCUT2D eigenvalue weighted by Gasteiger charge is 2.17. The van der Waals surface area contributed by atoms with Crippen molar-refractivity contribution in [1.29, 1.82) is 0 Å². The number of halogens is 2. The Morgan fingerprint density at radius 1 is 1.15 bits per heavy atom. The van der Waals surface area contributed by atoms with Gasteiger partial charge in [-0.2, -0.15) is 5.10 Å². The summed E-state index contributed by atoms with van der Waals surface area (Å²) in [6.45, 7) is 2.32. The molecule has 0 aliphatic heterocycles. The highest BCUT2D eigenvalue weighted by molar-refractivity contribution is 6.34. The summed E-state index contributed by atoms with van der Waals surface area (Å²) in [6, 6.07) is 9.10. The summed E-state index contributed by atoms with van der Waals surface area (Å²) in [5, 5.41) is 14.9. The van der Waals surface area contributed by atoms with Crippen molar-refractivity contribution in [3.63, 3.8) is 0 Å². The normalized spacial score (nSPS) is 11.0. The van der Waals surface area contributed by atoms with Crippen LogP contribution in [-0.4, -0.2) is 26.5 Å². The zero-order valence-corrected chi connectivity index (χ0v) is 16.5. The van der Waals surface area contributed by atoms with E-state index in [0.717, 1.165) is 30.7 Å². The van der Waals surface area contributed by atoms with Crippen LogP contribution < -0.4 is 4.74 Å². The molecule has 0 saturated carbocycles. The quantitative estimate of drug-likeness (QED) is 0.581. The lowest BCUT2D eigenvalue weighted by molar-refractivity contribution is 0.266. The van der Waals surface area contributed by atoms with E-state index in [1.807, 2.05) is 19.2 Å². The first-order valence-electron chi connectivity index (χ1n) is 8.77. The monoisotopic (exact) mass is 405 g/mol. The zero-order valence-electron chi connectivity index (χ0n) is 15.0. The third-order valence-corrected chi connectivity index (χ3v) is 4.58. The molecule has 27 heavy (non-hydrogen) atoms. The van der Waals surface area contributed by atoms with Gasteiger partial charge in [-0.3, -0.25) is 9.67 Å². The molecular weight excluding hydrogens is 385 g/mol. The van der Waals surface area contributed by atoms with Crippen molar-refractivity contribution in [2.45, 2.75) is 32.7 Å². The van der Waals surface area contributed by atoms with Crippen molar-refractivity contribution in [2.75, 3.05) is 6.61 Å². The molecule has 142 valence electrons. The number of rotatable bonds is 8. The first-order valence-corrected chi connectivity index (χ1v) is 9.52. The van der Waals surface area contributed by atoms with Crippen molar-refractivity contribution < 1.29 is 9.84 Å². The molecule has 0 bridgehead atoms. The predicted octanol–water partition coefficient (Wildman–Crippen LogP) is 4.85. The van der Waals surface area contributed by atoms with Gasteiger partial charge in [0, 0.05) is 22.4 Å². The fraction of sp³-hybridized carbons (Fsp3) is 0.300. The molecule has 2 heterocycles. The molecule has 7 heteroatoms.